The van der Waals surface area contributed by atoms with Crippen molar-refractivity contribution in [2.45, 2.75) is 0 Å². The Labute approximate surface area is 91.5 Å². The summed E-state index contributed by atoms with van der Waals surface area (Å²) in [6.07, 6.45) is 1.41. The van der Waals surface area contributed by atoms with E-state index in [1.54, 1.807) is 25.2 Å². The molecule has 1 aromatic heterocycles. The zero-order chi connectivity index (χ0) is 11.5. The smallest absolute Gasteiger partial charge is 0.270 e. The van der Waals surface area contributed by atoms with Gasteiger partial charge in [0.15, 0.2) is 17.2 Å². The van der Waals surface area contributed by atoms with Gasteiger partial charge in [0.25, 0.3) is 5.56 Å². The van der Waals surface area contributed by atoms with Crippen molar-refractivity contribution in [3.8, 4) is 17.2 Å². The van der Waals surface area contributed by atoms with Gasteiger partial charge in [-0.1, -0.05) is 12.1 Å². The number of phenols is 1. The van der Waals surface area contributed by atoms with Crippen molar-refractivity contribution in [3.63, 3.8) is 0 Å². The molecule has 0 spiro atoms. The predicted octanol–water partition coefficient (Wildman–Crippen LogP) is 1.28. The van der Waals surface area contributed by atoms with Crippen molar-refractivity contribution >= 4 is 0 Å². The van der Waals surface area contributed by atoms with Crippen LogP contribution in [0.1, 0.15) is 0 Å². The van der Waals surface area contributed by atoms with Crippen LogP contribution in [-0.4, -0.2) is 14.9 Å². The summed E-state index contributed by atoms with van der Waals surface area (Å²) in [6, 6.07) is 7.82. The SMILES string of the molecule is Cn1ncc(Oc2ccccc2O)cc1=O. The Morgan fingerprint density at radius 2 is 2.12 bits per heavy atom. The van der Waals surface area contributed by atoms with E-state index in [0.717, 1.165) is 0 Å². The molecule has 0 bridgehead atoms. The minimum Gasteiger partial charge on any atom is -0.504 e. The highest BCUT2D eigenvalue weighted by molar-refractivity contribution is 5.40. The van der Waals surface area contributed by atoms with Crippen molar-refractivity contribution in [1.29, 1.82) is 0 Å². The maximum Gasteiger partial charge on any atom is 0.270 e. The van der Waals surface area contributed by atoms with Gasteiger partial charge in [-0.05, 0) is 12.1 Å². The van der Waals surface area contributed by atoms with Crippen LogP contribution < -0.4 is 10.3 Å². The predicted molar refractivity (Wildman–Crippen MR) is 57.7 cm³/mol. The van der Waals surface area contributed by atoms with Crippen LogP contribution in [0.5, 0.6) is 17.2 Å². The Morgan fingerprint density at radius 3 is 2.81 bits per heavy atom. The summed E-state index contributed by atoms with van der Waals surface area (Å²) in [7, 11) is 1.55. The number of phenolic OH excluding ortho intramolecular Hbond substituents is 1. The molecule has 0 aliphatic heterocycles. The second kappa shape index (κ2) is 4.06. The fourth-order valence-corrected chi connectivity index (χ4v) is 1.18. The average molecular weight is 218 g/mol. The number of ether oxygens (including phenoxy) is 1. The first kappa shape index (κ1) is 10.2. The first-order valence-electron chi connectivity index (χ1n) is 4.66. The highest BCUT2D eigenvalue weighted by atomic mass is 16.5. The lowest BCUT2D eigenvalue weighted by molar-refractivity contribution is 0.408. The number of aromatic hydroxyl groups is 1. The van der Waals surface area contributed by atoms with Crippen molar-refractivity contribution in [2.75, 3.05) is 0 Å². The third-order valence-corrected chi connectivity index (χ3v) is 2.04. The first-order valence-corrected chi connectivity index (χ1v) is 4.66. The lowest BCUT2D eigenvalue weighted by Crippen LogP contribution is -2.17. The highest BCUT2D eigenvalue weighted by Crippen LogP contribution is 2.28. The number of benzene rings is 1. The molecular formula is C11H10N2O3. The molecule has 0 aliphatic carbocycles. The maximum atomic E-state index is 11.3. The topological polar surface area (TPSA) is 64.3 Å². The quantitative estimate of drug-likeness (QED) is 0.824. The van der Waals surface area contributed by atoms with Crippen LogP contribution in [0.25, 0.3) is 0 Å². The normalized spacial score (nSPS) is 10.1. The number of nitrogens with zero attached hydrogens (tertiary/aromatic N) is 2. The Kier molecular flexibility index (Phi) is 2.59. The number of rotatable bonds is 2. The van der Waals surface area contributed by atoms with Crippen LogP contribution in [0.4, 0.5) is 0 Å². The lowest BCUT2D eigenvalue weighted by atomic mass is 10.3. The molecule has 0 fully saturated rings. The van der Waals surface area contributed by atoms with Gasteiger partial charge in [-0.2, -0.15) is 5.10 Å². The summed E-state index contributed by atoms with van der Waals surface area (Å²) >= 11 is 0. The van der Waals surface area contributed by atoms with Crippen molar-refractivity contribution < 1.29 is 9.84 Å². The molecule has 0 aliphatic rings. The van der Waals surface area contributed by atoms with Gasteiger partial charge in [0, 0.05) is 13.1 Å². The average Bonchev–Trinajstić information content (AvgIpc) is 2.27. The van der Waals surface area contributed by atoms with E-state index < -0.39 is 0 Å². The van der Waals surface area contributed by atoms with Crippen LogP contribution in [0.15, 0.2) is 41.3 Å². The highest BCUT2D eigenvalue weighted by Gasteiger charge is 2.03. The van der Waals surface area contributed by atoms with Crippen LogP contribution in [-0.2, 0) is 7.05 Å². The molecule has 0 amide bonds. The van der Waals surface area contributed by atoms with Crippen LogP contribution in [0, 0.1) is 0 Å². The summed E-state index contributed by atoms with van der Waals surface area (Å²) in [6.45, 7) is 0. The second-order valence-electron chi connectivity index (χ2n) is 3.22. The van der Waals surface area contributed by atoms with Gasteiger partial charge in [-0.3, -0.25) is 4.79 Å². The minimum absolute atomic E-state index is 0.0168. The largest absolute Gasteiger partial charge is 0.504 e. The number of para-hydroxylation sites is 2. The van der Waals surface area contributed by atoms with Gasteiger partial charge >= 0.3 is 0 Å². The summed E-state index contributed by atoms with van der Waals surface area (Å²) in [5.74, 6) is 0.602. The van der Waals surface area contributed by atoms with Gasteiger partial charge < -0.3 is 9.84 Å². The van der Waals surface area contributed by atoms with Gasteiger partial charge in [-0.25, -0.2) is 4.68 Å². The molecule has 2 aromatic rings. The van der Waals surface area contributed by atoms with E-state index in [4.69, 9.17) is 4.74 Å². The first-order chi connectivity index (χ1) is 7.66. The van der Waals surface area contributed by atoms with Crippen molar-refractivity contribution in [1.82, 2.24) is 9.78 Å². The molecule has 0 saturated carbocycles. The minimum atomic E-state index is -0.270. The van der Waals surface area contributed by atoms with Gasteiger partial charge in [-0.15, -0.1) is 0 Å². The summed E-state index contributed by atoms with van der Waals surface area (Å²) in [5, 5.41) is 13.3. The molecule has 16 heavy (non-hydrogen) atoms. The van der Waals surface area contributed by atoms with Crippen molar-refractivity contribution in [3.05, 3.63) is 46.9 Å². The van der Waals surface area contributed by atoms with E-state index in [9.17, 15) is 9.90 Å². The van der Waals surface area contributed by atoms with Crippen LogP contribution >= 0.6 is 0 Å². The van der Waals surface area contributed by atoms with E-state index in [0.29, 0.717) is 5.75 Å². The fourth-order valence-electron chi connectivity index (χ4n) is 1.18. The molecule has 5 nitrogen and oxygen atoms in total. The molecule has 0 unspecified atom stereocenters. The summed E-state index contributed by atoms with van der Waals surface area (Å²) in [5.41, 5.74) is -0.270. The van der Waals surface area contributed by atoms with E-state index in [1.165, 1.54) is 23.0 Å². The summed E-state index contributed by atoms with van der Waals surface area (Å²) < 4.78 is 6.51. The van der Waals surface area contributed by atoms with Crippen molar-refractivity contribution in [2.24, 2.45) is 7.05 Å². The Morgan fingerprint density at radius 1 is 1.38 bits per heavy atom. The lowest BCUT2D eigenvalue weighted by Gasteiger charge is -2.06. The standard InChI is InChI=1S/C11H10N2O3/c1-13-11(15)6-8(7-12-13)16-10-5-3-2-4-9(10)14/h2-7,14H,1H3. The fraction of sp³-hybridized carbons (Fsp3) is 0.0909. The number of hydrogen-bond donors (Lipinski definition) is 1. The van der Waals surface area contributed by atoms with E-state index >= 15 is 0 Å². The zero-order valence-corrected chi connectivity index (χ0v) is 8.62. The molecule has 0 radical (unpaired) electrons. The molecule has 0 atom stereocenters. The molecule has 82 valence electrons. The van der Waals surface area contributed by atoms with E-state index in [-0.39, 0.29) is 17.1 Å². The Bertz CT molecular complexity index is 563. The van der Waals surface area contributed by atoms with E-state index in [1.807, 2.05) is 0 Å². The molecule has 5 heteroatoms. The second-order valence-corrected chi connectivity index (χ2v) is 3.22. The molecule has 0 saturated heterocycles. The van der Waals surface area contributed by atoms with Gasteiger partial charge in [0.1, 0.15) is 0 Å². The Hall–Kier alpha value is -2.30. The molecule has 1 heterocycles. The third-order valence-electron chi connectivity index (χ3n) is 2.04. The van der Waals surface area contributed by atoms with Gasteiger partial charge in [0.05, 0.1) is 6.20 Å². The maximum absolute atomic E-state index is 11.3. The molecule has 1 aromatic carbocycles. The monoisotopic (exact) mass is 218 g/mol. The van der Waals surface area contributed by atoms with Gasteiger partial charge in [0.2, 0.25) is 0 Å². The zero-order valence-electron chi connectivity index (χ0n) is 8.62. The molecule has 1 N–H and O–H groups in total. The van der Waals surface area contributed by atoms with E-state index in [2.05, 4.69) is 5.10 Å². The van der Waals surface area contributed by atoms with Crippen LogP contribution in [0.2, 0.25) is 0 Å². The van der Waals surface area contributed by atoms with Crippen LogP contribution in [0.3, 0.4) is 0 Å². The number of aromatic nitrogens is 2. The number of hydrogen-bond acceptors (Lipinski definition) is 4. The molecule has 2 rings (SSSR count). The molecular weight excluding hydrogens is 208 g/mol. The summed E-state index contributed by atoms with van der Waals surface area (Å²) in [4.78, 5) is 11.3. The Balaban J connectivity index is 2.31. The third kappa shape index (κ3) is 2.03. The number of aryl methyl sites for hydroxylation is 1.